The van der Waals surface area contributed by atoms with Crippen LogP contribution in [0.4, 0.5) is 5.95 Å². The minimum Gasteiger partial charge on any atom is -0.343 e. The molecule has 3 rings (SSSR count). The van der Waals surface area contributed by atoms with Crippen LogP contribution in [0.1, 0.15) is 43.5 Å². The molecular formula is C17H22N6O2. The lowest BCUT2D eigenvalue weighted by Crippen LogP contribution is -2.36. The normalized spacial score (nSPS) is 15.2. The molecule has 0 aliphatic carbocycles. The van der Waals surface area contributed by atoms with E-state index in [2.05, 4.69) is 25.3 Å². The van der Waals surface area contributed by atoms with Crippen molar-refractivity contribution in [3.05, 3.63) is 36.2 Å². The highest BCUT2D eigenvalue weighted by Gasteiger charge is 2.23. The molecule has 25 heavy (non-hydrogen) atoms. The Morgan fingerprint density at radius 2 is 2.04 bits per heavy atom. The van der Waals surface area contributed by atoms with Gasteiger partial charge in [-0.2, -0.15) is 0 Å². The number of rotatable bonds is 5. The largest absolute Gasteiger partial charge is 0.343 e. The molecule has 8 heteroatoms. The number of likely N-dealkylation sites (tertiary alicyclic amines) is 1. The van der Waals surface area contributed by atoms with Gasteiger partial charge in [0.2, 0.25) is 17.8 Å². The average Bonchev–Trinajstić information content (AvgIpc) is 3.13. The third-order valence-electron chi connectivity index (χ3n) is 4.45. The number of hydrogen-bond donors (Lipinski definition) is 2. The van der Waals surface area contributed by atoms with E-state index in [-0.39, 0.29) is 11.8 Å². The Balaban J connectivity index is 1.47. The van der Waals surface area contributed by atoms with Gasteiger partial charge in [0.05, 0.1) is 11.4 Å². The lowest BCUT2D eigenvalue weighted by atomic mass is 9.94. The minimum absolute atomic E-state index is 0.113. The van der Waals surface area contributed by atoms with Gasteiger partial charge in [-0.05, 0) is 19.3 Å². The number of hydrogen-bond acceptors (Lipinski definition) is 5. The van der Waals surface area contributed by atoms with Crippen LogP contribution in [-0.4, -0.2) is 49.7 Å². The van der Waals surface area contributed by atoms with Crippen LogP contribution in [0.2, 0.25) is 0 Å². The Labute approximate surface area is 146 Å². The number of imidazole rings is 1. The van der Waals surface area contributed by atoms with Gasteiger partial charge in [-0.15, -0.1) is 0 Å². The second-order valence-corrected chi connectivity index (χ2v) is 6.20. The van der Waals surface area contributed by atoms with Crippen molar-refractivity contribution in [2.24, 2.45) is 0 Å². The lowest BCUT2D eigenvalue weighted by molar-refractivity contribution is -0.129. The van der Waals surface area contributed by atoms with Crippen LogP contribution in [0.3, 0.4) is 0 Å². The Morgan fingerprint density at radius 1 is 1.24 bits per heavy atom. The molecule has 2 aromatic heterocycles. The number of anilines is 1. The van der Waals surface area contributed by atoms with E-state index in [9.17, 15) is 9.59 Å². The van der Waals surface area contributed by atoms with Gasteiger partial charge in [0.1, 0.15) is 0 Å². The summed E-state index contributed by atoms with van der Waals surface area (Å²) in [6, 6.07) is 0. The number of aromatic nitrogens is 4. The number of nitrogens with zero attached hydrogens (tertiary/aromatic N) is 4. The first-order valence-electron chi connectivity index (χ1n) is 8.47. The summed E-state index contributed by atoms with van der Waals surface area (Å²) in [6.45, 7) is 3.16. The van der Waals surface area contributed by atoms with E-state index in [0.29, 0.717) is 24.7 Å². The minimum atomic E-state index is -0.113. The van der Waals surface area contributed by atoms with Gasteiger partial charge in [0.15, 0.2) is 0 Å². The van der Waals surface area contributed by atoms with E-state index in [4.69, 9.17) is 0 Å². The first-order chi connectivity index (χ1) is 12.1. The van der Waals surface area contributed by atoms with E-state index in [1.54, 1.807) is 31.7 Å². The zero-order valence-electron chi connectivity index (χ0n) is 14.2. The Bertz CT molecular complexity index is 705. The fourth-order valence-electron chi connectivity index (χ4n) is 2.96. The molecule has 8 nitrogen and oxygen atoms in total. The van der Waals surface area contributed by atoms with Crippen molar-refractivity contribution in [3.63, 3.8) is 0 Å². The summed E-state index contributed by atoms with van der Waals surface area (Å²) in [7, 11) is 0. The van der Waals surface area contributed by atoms with Crippen molar-refractivity contribution in [2.45, 2.75) is 38.5 Å². The van der Waals surface area contributed by atoms with Gasteiger partial charge in [-0.25, -0.2) is 4.98 Å². The monoisotopic (exact) mass is 342 g/mol. The van der Waals surface area contributed by atoms with Gasteiger partial charge in [0.25, 0.3) is 0 Å². The van der Waals surface area contributed by atoms with Crippen LogP contribution in [0.15, 0.2) is 24.8 Å². The van der Waals surface area contributed by atoms with Gasteiger partial charge >= 0.3 is 0 Å². The number of aromatic amines is 1. The van der Waals surface area contributed by atoms with Gasteiger partial charge < -0.3 is 9.88 Å². The topological polar surface area (TPSA) is 104 Å². The average molecular weight is 342 g/mol. The molecule has 2 N–H and O–H groups in total. The second-order valence-electron chi connectivity index (χ2n) is 6.20. The number of H-pyrrole nitrogens is 1. The van der Waals surface area contributed by atoms with Crippen LogP contribution in [0, 0.1) is 0 Å². The number of carbonyl (C=O) groups excluding carboxylic acids is 2. The lowest BCUT2D eigenvalue weighted by Gasteiger charge is -2.30. The van der Waals surface area contributed by atoms with Crippen molar-refractivity contribution >= 4 is 17.8 Å². The number of piperidine rings is 1. The molecule has 1 aliphatic rings. The zero-order valence-corrected chi connectivity index (χ0v) is 14.2. The van der Waals surface area contributed by atoms with Crippen molar-refractivity contribution in [1.82, 2.24) is 24.8 Å². The molecule has 2 aromatic rings. The van der Waals surface area contributed by atoms with E-state index in [1.165, 1.54) is 0 Å². The summed E-state index contributed by atoms with van der Waals surface area (Å²) < 4.78 is 0. The van der Waals surface area contributed by atoms with E-state index in [1.807, 2.05) is 4.90 Å². The maximum atomic E-state index is 11.8. The molecule has 0 aromatic carbocycles. The van der Waals surface area contributed by atoms with Crippen LogP contribution in [0.5, 0.6) is 0 Å². The number of carbonyl (C=O) groups is 2. The first kappa shape index (κ1) is 17.1. The number of aryl methyl sites for hydroxylation is 1. The van der Waals surface area contributed by atoms with Crippen molar-refractivity contribution in [2.75, 3.05) is 18.4 Å². The fraction of sp³-hybridized carbons (Fsp3) is 0.471. The quantitative estimate of drug-likeness (QED) is 0.857. The Kier molecular flexibility index (Phi) is 5.37. The van der Waals surface area contributed by atoms with Gasteiger partial charge in [0, 0.05) is 57.1 Å². The highest BCUT2D eigenvalue weighted by Crippen LogP contribution is 2.26. The van der Waals surface area contributed by atoms with E-state index >= 15 is 0 Å². The molecule has 0 atom stereocenters. The van der Waals surface area contributed by atoms with Crippen molar-refractivity contribution < 1.29 is 9.59 Å². The number of amides is 2. The molecule has 0 radical (unpaired) electrons. The summed E-state index contributed by atoms with van der Waals surface area (Å²) in [4.78, 5) is 40.8. The molecule has 1 fully saturated rings. The van der Waals surface area contributed by atoms with Crippen LogP contribution in [-0.2, 0) is 16.0 Å². The summed E-state index contributed by atoms with van der Waals surface area (Å²) in [6.07, 6.45) is 9.47. The van der Waals surface area contributed by atoms with Gasteiger partial charge in [-0.1, -0.05) is 0 Å². The third-order valence-corrected chi connectivity index (χ3v) is 4.45. The molecule has 3 heterocycles. The predicted molar refractivity (Wildman–Crippen MR) is 91.8 cm³/mol. The second kappa shape index (κ2) is 7.87. The molecular weight excluding hydrogens is 320 g/mol. The highest BCUT2D eigenvalue weighted by molar-refractivity contribution is 5.88. The van der Waals surface area contributed by atoms with Gasteiger partial charge in [-0.3, -0.25) is 24.9 Å². The molecule has 0 saturated carbocycles. The van der Waals surface area contributed by atoms with Crippen LogP contribution in [0.25, 0.3) is 0 Å². The summed E-state index contributed by atoms with van der Waals surface area (Å²) >= 11 is 0. The predicted octanol–water partition coefficient (Wildman–Crippen LogP) is 1.50. The molecule has 2 amide bonds. The molecule has 0 unspecified atom stereocenters. The van der Waals surface area contributed by atoms with Crippen LogP contribution < -0.4 is 5.32 Å². The Hall–Kier alpha value is -2.77. The van der Waals surface area contributed by atoms with E-state index < -0.39 is 0 Å². The molecule has 1 saturated heterocycles. The summed E-state index contributed by atoms with van der Waals surface area (Å²) in [5.41, 5.74) is 1.76. The molecule has 0 bridgehead atoms. The van der Waals surface area contributed by atoms with E-state index in [0.717, 1.165) is 37.3 Å². The van der Waals surface area contributed by atoms with Crippen LogP contribution >= 0.6 is 0 Å². The van der Waals surface area contributed by atoms with Crippen molar-refractivity contribution in [3.8, 4) is 0 Å². The molecule has 0 spiro atoms. The number of nitrogens with one attached hydrogen (secondary N) is 2. The molecule has 1 aliphatic heterocycles. The summed E-state index contributed by atoms with van der Waals surface area (Å²) in [5, 5.41) is 2.68. The third kappa shape index (κ3) is 4.62. The first-order valence-corrected chi connectivity index (χ1v) is 8.47. The maximum Gasteiger partial charge on any atom is 0.227 e. The summed E-state index contributed by atoms with van der Waals surface area (Å²) in [5.74, 6) is 0.813. The smallest absolute Gasteiger partial charge is 0.227 e. The SMILES string of the molecule is CC(=O)N1CCC(c2cnc(CCC(=O)Nc3ncc[nH]3)cn2)CC1. The van der Waals surface area contributed by atoms with Crippen molar-refractivity contribution in [1.29, 1.82) is 0 Å². The zero-order chi connectivity index (χ0) is 17.6. The highest BCUT2D eigenvalue weighted by atomic mass is 16.2. The fourth-order valence-corrected chi connectivity index (χ4v) is 2.96. The Morgan fingerprint density at radius 3 is 2.64 bits per heavy atom. The maximum absolute atomic E-state index is 11.8. The standard InChI is InChI=1S/C17H22N6O2/c1-12(24)23-8-4-13(5-9-23)15-11-20-14(10-21-15)2-3-16(25)22-17-18-6-7-19-17/h6-7,10-11,13H,2-5,8-9H2,1H3,(H2,18,19,22,25). The molecule has 132 valence electrons.